The van der Waals surface area contributed by atoms with Crippen LogP contribution in [-0.2, 0) is 18.0 Å². The number of nitrogens with zero attached hydrogens (tertiary/aromatic N) is 6. The second-order valence-electron chi connectivity index (χ2n) is 8.06. The van der Waals surface area contributed by atoms with Gasteiger partial charge in [-0.25, -0.2) is 4.98 Å². The molecule has 0 aliphatic rings. The van der Waals surface area contributed by atoms with E-state index in [0.717, 1.165) is 24.4 Å². The highest BCUT2D eigenvalue weighted by Gasteiger charge is 2.33. The number of aliphatic hydroxyl groups is 1. The number of nitrogens with one attached hydrogen (secondary N) is 1. The summed E-state index contributed by atoms with van der Waals surface area (Å²) >= 11 is 0. The Bertz CT molecular complexity index is 1390. The van der Waals surface area contributed by atoms with Gasteiger partial charge in [0, 0.05) is 18.1 Å². The average molecular weight is 509 g/mol. The summed E-state index contributed by atoms with van der Waals surface area (Å²) in [6.07, 6.45) is -7.00. The molecule has 0 aliphatic heterocycles. The second-order valence-corrected chi connectivity index (χ2v) is 8.06. The molecule has 36 heavy (non-hydrogen) atoms. The van der Waals surface area contributed by atoms with Crippen LogP contribution in [0.25, 0.3) is 17.5 Å². The van der Waals surface area contributed by atoms with Gasteiger partial charge < -0.3 is 10.4 Å². The first-order valence-corrected chi connectivity index (χ1v) is 10.2. The van der Waals surface area contributed by atoms with Crippen LogP contribution in [0, 0.1) is 0 Å². The summed E-state index contributed by atoms with van der Waals surface area (Å²) in [5, 5.41) is 13.1. The molecule has 0 saturated carbocycles. The molecule has 2 N–H and O–H groups in total. The van der Waals surface area contributed by atoms with E-state index in [1.54, 1.807) is 12.1 Å². The highest BCUT2D eigenvalue weighted by atomic mass is 19.4. The lowest BCUT2D eigenvalue weighted by molar-refractivity contribution is -0.141. The quantitative estimate of drug-likeness (QED) is 0.360. The molecule has 0 aromatic carbocycles. The molecule has 4 rings (SSSR count). The number of halogens is 6. The maximum atomic E-state index is 13.2. The van der Waals surface area contributed by atoms with Crippen LogP contribution in [0.3, 0.4) is 0 Å². The van der Waals surface area contributed by atoms with E-state index in [1.165, 1.54) is 36.7 Å². The zero-order valence-corrected chi connectivity index (χ0v) is 18.6. The van der Waals surface area contributed by atoms with Gasteiger partial charge in [0.1, 0.15) is 17.1 Å². The van der Waals surface area contributed by atoms with Crippen LogP contribution < -0.4 is 5.32 Å². The molecule has 0 fully saturated rings. The number of anilines is 2. The molecule has 0 bridgehead atoms. The van der Waals surface area contributed by atoms with Crippen molar-refractivity contribution in [3.8, 4) is 17.5 Å². The van der Waals surface area contributed by atoms with Crippen LogP contribution in [0.4, 0.5) is 38.0 Å². The number of alkyl halides is 6. The largest absolute Gasteiger partial charge is 0.433 e. The fraction of sp³-hybridized carbons (Fsp3) is 0.227. The molecule has 0 saturated heterocycles. The van der Waals surface area contributed by atoms with Crippen LogP contribution in [-0.4, -0.2) is 34.6 Å². The molecule has 4 aromatic rings. The fourth-order valence-corrected chi connectivity index (χ4v) is 3.21. The molecule has 4 aromatic heterocycles. The van der Waals surface area contributed by atoms with Crippen molar-refractivity contribution < 1.29 is 31.4 Å². The molecule has 8 nitrogen and oxygen atoms in total. The molecule has 4 heterocycles. The van der Waals surface area contributed by atoms with E-state index in [4.69, 9.17) is 0 Å². The number of pyridine rings is 2. The molecule has 0 unspecified atom stereocenters. The topological polar surface area (TPSA) is 102 Å². The first-order chi connectivity index (χ1) is 16.7. The average Bonchev–Trinajstić information content (AvgIpc) is 3.29. The van der Waals surface area contributed by atoms with Crippen molar-refractivity contribution in [1.82, 2.24) is 29.5 Å². The highest BCUT2D eigenvalue weighted by molar-refractivity contribution is 5.58. The van der Waals surface area contributed by atoms with Crippen molar-refractivity contribution in [2.24, 2.45) is 0 Å². The van der Waals surface area contributed by atoms with E-state index in [-0.39, 0.29) is 29.1 Å². The summed E-state index contributed by atoms with van der Waals surface area (Å²) in [6, 6.07) is 8.28. The minimum atomic E-state index is -4.73. The van der Waals surface area contributed by atoms with Gasteiger partial charge in [0.15, 0.2) is 5.82 Å². The van der Waals surface area contributed by atoms with Crippen molar-refractivity contribution in [2.75, 3.05) is 5.32 Å². The maximum absolute atomic E-state index is 13.2. The third kappa shape index (κ3) is 5.43. The SMILES string of the molecule is CC(C)(O)c1cccn1-c1nc(Nc2ccnc(C(F)(F)F)c2)nc(-c2cccc(C(F)(F)F)n2)n1. The summed E-state index contributed by atoms with van der Waals surface area (Å²) in [5.74, 6) is -0.674. The summed E-state index contributed by atoms with van der Waals surface area (Å²) < 4.78 is 80.2. The standard InChI is InChI=1S/C22H17F6N7O/c1-20(2,36)16-7-4-10-35(16)19-33-17(13-5-3-6-14(31-13)21(23,24)25)32-18(34-19)30-12-8-9-29-15(11-12)22(26,27)28/h3-11,36H,1-2H3,(H,29,30,32,33,34). The number of hydrogen-bond acceptors (Lipinski definition) is 7. The minimum absolute atomic E-state index is 0.0763. The Labute approximate surface area is 199 Å². The lowest BCUT2D eigenvalue weighted by atomic mass is 10.1. The van der Waals surface area contributed by atoms with E-state index < -0.39 is 29.3 Å². The van der Waals surface area contributed by atoms with Crippen molar-refractivity contribution in [2.45, 2.75) is 31.8 Å². The van der Waals surface area contributed by atoms with Crippen LogP contribution in [0.15, 0.2) is 54.9 Å². The third-order valence-electron chi connectivity index (χ3n) is 4.79. The number of rotatable bonds is 5. The van der Waals surface area contributed by atoms with Gasteiger partial charge in [-0.05, 0) is 50.2 Å². The van der Waals surface area contributed by atoms with Crippen LogP contribution in [0.2, 0.25) is 0 Å². The maximum Gasteiger partial charge on any atom is 0.433 e. The van der Waals surface area contributed by atoms with E-state index in [1.807, 2.05) is 0 Å². The van der Waals surface area contributed by atoms with Crippen molar-refractivity contribution in [3.05, 3.63) is 71.9 Å². The van der Waals surface area contributed by atoms with Gasteiger partial charge in [0.05, 0.1) is 11.3 Å². The molecule has 0 spiro atoms. The van der Waals surface area contributed by atoms with Crippen LogP contribution >= 0.6 is 0 Å². The lowest BCUT2D eigenvalue weighted by Gasteiger charge is -2.20. The minimum Gasteiger partial charge on any atom is -0.384 e. The predicted octanol–water partition coefficient (Wildman–Crippen LogP) is 5.13. The van der Waals surface area contributed by atoms with E-state index >= 15 is 0 Å². The van der Waals surface area contributed by atoms with Crippen molar-refractivity contribution in [1.29, 1.82) is 0 Å². The highest BCUT2D eigenvalue weighted by Crippen LogP contribution is 2.31. The van der Waals surface area contributed by atoms with Gasteiger partial charge in [0.2, 0.25) is 11.9 Å². The summed E-state index contributed by atoms with van der Waals surface area (Å²) in [7, 11) is 0. The molecule has 0 atom stereocenters. The van der Waals surface area contributed by atoms with Gasteiger partial charge in [-0.2, -0.15) is 41.3 Å². The third-order valence-corrected chi connectivity index (χ3v) is 4.79. The monoisotopic (exact) mass is 509 g/mol. The Morgan fingerprint density at radius 2 is 1.56 bits per heavy atom. The number of aromatic nitrogens is 6. The molecule has 188 valence electrons. The van der Waals surface area contributed by atoms with Gasteiger partial charge in [-0.15, -0.1) is 0 Å². The Kier molecular flexibility index (Phi) is 6.16. The normalized spacial score (nSPS) is 12.6. The zero-order valence-electron chi connectivity index (χ0n) is 18.6. The van der Waals surface area contributed by atoms with Gasteiger partial charge in [0.25, 0.3) is 0 Å². The van der Waals surface area contributed by atoms with E-state index in [0.29, 0.717) is 5.69 Å². The van der Waals surface area contributed by atoms with Crippen molar-refractivity contribution in [3.63, 3.8) is 0 Å². The first-order valence-electron chi connectivity index (χ1n) is 10.2. The van der Waals surface area contributed by atoms with Gasteiger partial charge in [-0.3, -0.25) is 9.55 Å². The Balaban J connectivity index is 1.86. The summed E-state index contributed by atoms with van der Waals surface area (Å²) in [5.41, 5.74) is -3.70. The molecular formula is C22H17F6N7O. The van der Waals surface area contributed by atoms with Crippen LogP contribution in [0.5, 0.6) is 0 Å². The summed E-state index contributed by atoms with van der Waals surface area (Å²) in [4.78, 5) is 19.3. The van der Waals surface area contributed by atoms with E-state index in [9.17, 15) is 31.4 Å². The van der Waals surface area contributed by atoms with Crippen molar-refractivity contribution >= 4 is 11.6 Å². The Morgan fingerprint density at radius 1 is 0.833 bits per heavy atom. The lowest BCUT2D eigenvalue weighted by Crippen LogP contribution is -2.21. The fourth-order valence-electron chi connectivity index (χ4n) is 3.21. The molecule has 0 aliphatic carbocycles. The predicted molar refractivity (Wildman–Crippen MR) is 115 cm³/mol. The molecular weight excluding hydrogens is 492 g/mol. The zero-order chi connectivity index (χ0) is 26.3. The smallest absolute Gasteiger partial charge is 0.384 e. The van der Waals surface area contributed by atoms with Gasteiger partial charge >= 0.3 is 12.4 Å². The van der Waals surface area contributed by atoms with E-state index in [2.05, 4.69) is 30.2 Å². The van der Waals surface area contributed by atoms with Crippen LogP contribution in [0.1, 0.15) is 30.9 Å². The Morgan fingerprint density at radius 3 is 2.22 bits per heavy atom. The second kappa shape index (κ2) is 8.86. The summed E-state index contributed by atoms with van der Waals surface area (Å²) in [6.45, 7) is 3.01. The molecule has 0 radical (unpaired) electrons. The molecule has 14 heteroatoms. The number of hydrogen-bond donors (Lipinski definition) is 2. The molecule has 0 amide bonds. The first kappa shape index (κ1) is 25.0. The Hall–Kier alpha value is -4.07. The van der Waals surface area contributed by atoms with Gasteiger partial charge in [-0.1, -0.05) is 6.07 Å².